The maximum absolute atomic E-state index is 2.43. The third kappa shape index (κ3) is 4.92. The zero-order valence-electron chi connectivity index (χ0n) is 36.6. The lowest BCUT2D eigenvalue weighted by Gasteiger charge is -2.31. The van der Waals surface area contributed by atoms with Crippen molar-refractivity contribution in [2.75, 3.05) is 0 Å². The van der Waals surface area contributed by atoms with Crippen molar-refractivity contribution in [1.29, 1.82) is 0 Å². The number of hydrogen-bond acceptors (Lipinski definition) is 0. The molecule has 0 aromatic heterocycles. The molecule has 0 nitrogen and oxygen atoms in total. The predicted octanol–water partition coefficient (Wildman–Crippen LogP) is 18.0. The van der Waals surface area contributed by atoms with Crippen LogP contribution in [-0.2, 0) is 5.41 Å². The van der Waals surface area contributed by atoms with Crippen LogP contribution in [0, 0.1) is 0 Å². The summed E-state index contributed by atoms with van der Waals surface area (Å²) in [6, 6.07) is 91.4. The molecule has 0 bridgehead atoms. The quantitative estimate of drug-likeness (QED) is 0.123. The van der Waals surface area contributed by atoms with Gasteiger partial charge in [0.05, 0.1) is 5.41 Å². The average Bonchev–Trinajstić information content (AvgIpc) is 3.88. The highest BCUT2D eigenvalue weighted by molar-refractivity contribution is 6.26. The van der Waals surface area contributed by atoms with E-state index in [4.69, 9.17) is 0 Å². The normalized spacial score (nSPS) is 13.2. The van der Waals surface area contributed by atoms with Crippen LogP contribution in [0.4, 0.5) is 0 Å². The van der Waals surface area contributed by atoms with Gasteiger partial charge in [-0.05, 0) is 161 Å². The summed E-state index contributed by atoms with van der Waals surface area (Å²) in [6.07, 6.45) is 0. The molecule has 0 N–H and O–H groups in total. The summed E-state index contributed by atoms with van der Waals surface area (Å²) in [5.74, 6) is 0. The van der Waals surface area contributed by atoms with Gasteiger partial charge >= 0.3 is 0 Å². The molecule has 0 saturated carbocycles. The van der Waals surface area contributed by atoms with Gasteiger partial charge in [0, 0.05) is 0 Å². The van der Waals surface area contributed by atoms with E-state index in [1.165, 1.54) is 143 Å². The largest absolute Gasteiger partial charge is 0.0731 e. The Kier molecular flexibility index (Phi) is 7.52. The van der Waals surface area contributed by atoms with Crippen molar-refractivity contribution >= 4 is 64.6 Å². The lowest BCUT2D eigenvalue weighted by Crippen LogP contribution is -2.26. The number of hydrogen-bond donors (Lipinski definition) is 0. The zero-order valence-corrected chi connectivity index (χ0v) is 36.6. The minimum atomic E-state index is -0.434. The van der Waals surface area contributed by atoms with Crippen molar-refractivity contribution in [3.05, 3.63) is 265 Å². The van der Waals surface area contributed by atoms with Gasteiger partial charge in [0.1, 0.15) is 0 Å². The van der Waals surface area contributed by atoms with Crippen LogP contribution in [0.3, 0.4) is 0 Å². The maximum atomic E-state index is 2.43. The van der Waals surface area contributed by atoms with Gasteiger partial charge in [0.15, 0.2) is 0 Å². The van der Waals surface area contributed by atoms with Gasteiger partial charge in [0.2, 0.25) is 0 Å². The second kappa shape index (κ2) is 13.7. The van der Waals surface area contributed by atoms with Gasteiger partial charge in [-0.1, -0.05) is 224 Å². The lowest BCUT2D eigenvalue weighted by molar-refractivity contribution is 0.802. The minimum absolute atomic E-state index is 0.434. The Morgan fingerprint density at radius 3 is 1.45 bits per heavy atom. The van der Waals surface area contributed by atoms with E-state index in [1.807, 2.05) is 0 Å². The summed E-state index contributed by atoms with van der Waals surface area (Å²) in [5.41, 5.74) is 17.9. The Bertz CT molecular complexity index is 4180. The van der Waals surface area contributed by atoms with E-state index in [0.29, 0.717) is 0 Å². The molecule has 0 amide bonds. The number of fused-ring (bicyclic) bond motifs is 19. The highest BCUT2D eigenvalue weighted by atomic mass is 14.5. The molecule has 67 heavy (non-hydrogen) atoms. The fraction of sp³-hybridized carbons (Fsp3) is 0.0149. The lowest BCUT2D eigenvalue weighted by atomic mass is 9.69. The zero-order chi connectivity index (χ0) is 43.8. The monoisotopic (exact) mass is 844 g/mol. The second-order valence-corrected chi connectivity index (χ2v) is 18.6. The Morgan fingerprint density at radius 1 is 0.209 bits per heavy atom. The van der Waals surface area contributed by atoms with Gasteiger partial charge in [0.25, 0.3) is 0 Å². The molecule has 0 aliphatic heterocycles. The second-order valence-electron chi connectivity index (χ2n) is 18.6. The Labute approximate surface area is 388 Å². The van der Waals surface area contributed by atoms with Crippen LogP contribution >= 0.6 is 0 Å². The molecule has 0 saturated heterocycles. The highest BCUT2D eigenvalue weighted by Crippen LogP contribution is 2.65. The fourth-order valence-corrected chi connectivity index (χ4v) is 12.8. The maximum Gasteiger partial charge on any atom is 0.0731 e. The van der Waals surface area contributed by atoms with Crippen molar-refractivity contribution in [2.45, 2.75) is 5.41 Å². The summed E-state index contributed by atoms with van der Waals surface area (Å²) in [6.45, 7) is 0. The van der Waals surface area contributed by atoms with Crippen molar-refractivity contribution < 1.29 is 0 Å². The number of benzene rings is 13. The third-order valence-electron chi connectivity index (χ3n) is 15.4. The molecule has 13 aromatic carbocycles. The van der Waals surface area contributed by atoms with E-state index in [1.54, 1.807) is 0 Å². The van der Waals surface area contributed by atoms with Crippen molar-refractivity contribution in [1.82, 2.24) is 0 Å². The topological polar surface area (TPSA) is 0 Å². The Balaban J connectivity index is 0.939. The molecule has 0 heteroatoms. The molecular formula is C67H40. The van der Waals surface area contributed by atoms with E-state index >= 15 is 0 Å². The van der Waals surface area contributed by atoms with Crippen LogP contribution in [0.2, 0.25) is 0 Å². The molecule has 308 valence electrons. The Morgan fingerprint density at radius 2 is 0.731 bits per heavy atom. The molecule has 2 aliphatic rings. The molecule has 0 fully saturated rings. The first-order chi connectivity index (χ1) is 33.3. The molecule has 0 unspecified atom stereocenters. The smallest absolute Gasteiger partial charge is 0.0619 e. The average molecular weight is 845 g/mol. The van der Waals surface area contributed by atoms with Gasteiger partial charge in [-0.2, -0.15) is 0 Å². The highest BCUT2D eigenvalue weighted by Gasteiger charge is 2.52. The summed E-state index contributed by atoms with van der Waals surface area (Å²) < 4.78 is 0. The van der Waals surface area contributed by atoms with E-state index in [2.05, 4.69) is 243 Å². The molecule has 0 heterocycles. The van der Waals surface area contributed by atoms with Crippen molar-refractivity contribution in [3.8, 4) is 55.6 Å². The third-order valence-corrected chi connectivity index (χ3v) is 15.4. The minimum Gasteiger partial charge on any atom is -0.0619 e. The first-order valence-electron chi connectivity index (χ1n) is 23.5. The Hall–Kier alpha value is -8.58. The van der Waals surface area contributed by atoms with Crippen LogP contribution in [0.1, 0.15) is 22.3 Å². The van der Waals surface area contributed by atoms with Crippen LogP contribution in [0.5, 0.6) is 0 Å². The van der Waals surface area contributed by atoms with E-state index < -0.39 is 5.41 Å². The summed E-state index contributed by atoms with van der Waals surface area (Å²) in [7, 11) is 0. The number of rotatable bonds is 3. The van der Waals surface area contributed by atoms with Gasteiger partial charge in [-0.3, -0.25) is 0 Å². The van der Waals surface area contributed by atoms with Gasteiger partial charge < -0.3 is 0 Å². The molecule has 13 aromatic rings. The summed E-state index contributed by atoms with van der Waals surface area (Å²) in [4.78, 5) is 0. The molecule has 0 atom stereocenters. The summed E-state index contributed by atoms with van der Waals surface area (Å²) >= 11 is 0. The first kappa shape index (κ1) is 36.7. The fourth-order valence-electron chi connectivity index (χ4n) is 12.8. The van der Waals surface area contributed by atoms with Crippen LogP contribution in [-0.4, -0.2) is 0 Å². The van der Waals surface area contributed by atoms with Crippen LogP contribution in [0.15, 0.2) is 243 Å². The molecule has 2 aliphatic carbocycles. The van der Waals surface area contributed by atoms with Crippen LogP contribution in [0.25, 0.3) is 120 Å². The molecule has 0 radical (unpaired) electrons. The van der Waals surface area contributed by atoms with Crippen molar-refractivity contribution in [2.24, 2.45) is 0 Å². The standard InChI is InChI=1S/C67H40/c1-4-21-48-41(16-1)34-37-62-65(48)58-36-33-45-38-43(32-35-49(45)66(58)67(62)60-30-13-11-24-52(60)53-25-12-14-31-61(53)67)42-18-15-19-46(39-42)63-54-26-7-9-28-56(54)64(57-29-10-8-27-55(57)63)59-40-44-17-2-3-20-47(44)50-22-5-6-23-51(50)59/h1-40H. The predicted molar refractivity (Wildman–Crippen MR) is 284 cm³/mol. The molecule has 15 rings (SSSR count). The summed E-state index contributed by atoms with van der Waals surface area (Å²) in [5, 5.41) is 15.3. The van der Waals surface area contributed by atoms with Gasteiger partial charge in [-0.15, -0.1) is 0 Å². The van der Waals surface area contributed by atoms with E-state index in [0.717, 1.165) is 0 Å². The first-order valence-corrected chi connectivity index (χ1v) is 23.5. The molecule has 1 spiro atoms. The van der Waals surface area contributed by atoms with E-state index in [9.17, 15) is 0 Å². The van der Waals surface area contributed by atoms with Gasteiger partial charge in [-0.25, -0.2) is 0 Å². The van der Waals surface area contributed by atoms with Crippen molar-refractivity contribution in [3.63, 3.8) is 0 Å². The van der Waals surface area contributed by atoms with E-state index in [-0.39, 0.29) is 0 Å². The molecular weight excluding hydrogens is 805 g/mol. The SMILES string of the molecule is c1cc(-c2ccc3c4c(ccc3c2)-c2c(ccc3ccccc23)C42c3ccccc3-c3ccccc32)cc(-c2c3ccccc3c(-c3cc4ccccc4c4ccccc34)c3ccccc23)c1. The van der Waals surface area contributed by atoms with Crippen LogP contribution < -0.4 is 0 Å².